The van der Waals surface area contributed by atoms with Crippen LogP contribution < -0.4 is 0 Å². The van der Waals surface area contributed by atoms with E-state index in [0.29, 0.717) is 0 Å². The van der Waals surface area contributed by atoms with Gasteiger partial charge in [0.1, 0.15) is 0 Å². The van der Waals surface area contributed by atoms with E-state index in [9.17, 15) is 16.9 Å². The summed E-state index contributed by atoms with van der Waals surface area (Å²) in [6.07, 6.45) is 5.82. The van der Waals surface area contributed by atoms with E-state index in [0.717, 1.165) is 0 Å². The molecular weight excluding hydrogens is 363 g/mol. The van der Waals surface area contributed by atoms with Gasteiger partial charge in [0.25, 0.3) is 0 Å². The third kappa shape index (κ3) is 17.2. The zero-order chi connectivity index (χ0) is 13.7. The van der Waals surface area contributed by atoms with Gasteiger partial charge in [0, 0.05) is 7.26 Å². The molecule has 8 heteroatoms. The van der Waals surface area contributed by atoms with Gasteiger partial charge in [0.15, 0.2) is 0 Å². The van der Waals surface area contributed by atoms with Crippen molar-refractivity contribution in [1.82, 2.24) is 0 Å². The second-order valence-electron chi connectivity index (χ2n) is 3.56. The Morgan fingerprint density at radius 2 is 0.750 bits per heavy atom. The standard InChI is InChI=1S/C8H20P.6FH.Sb/c1-5-9(6-2,7-3)8-4;;;;;;;/h5-8H2,1-4H3;6*1H;/q+1;;;;;;;+5/p-6. The Hall–Kier alpha value is 0.828. The molecule has 0 aromatic rings. The molecule has 0 atom stereocenters. The Morgan fingerprint density at radius 1 is 0.625 bits per heavy atom. The van der Waals surface area contributed by atoms with Gasteiger partial charge in [-0.1, -0.05) is 0 Å². The van der Waals surface area contributed by atoms with E-state index in [1.807, 2.05) is 0 Å². The van der Waals surface area contributed by atoms with Gasteiger partial charge in [0.2, 0.25) is 0 Å². The monoisotopic (exact) mass is 382 g/mol. The van der Waals surface area contributed by atoms with Crippen LogP contribution in [0.1, 0.15) is 27.7 Å². The van der Waals surface area contributed by atoms with Gasteiger partial charge in [-0.25, -0.2) is 0 Å². The molecule has 0 aromatic heterocycles. The molecule has 0 aliphatic rings. The van der Waals surface area contributed by atoms with Crippen LogP contribution in [0, 0.1) is 0 Å². The average molecular weight is 383 g/mol. The van der Waals surface area contributed by atoms with E-state index >= 15 is 0 Å². The predicted molar refractivity (Wildman–Crippen MR) is 61.5 cm³/mol. The van der Waals surface area contributed by atoms with Gasteiger partial charge in [-0.3, -0.25) is 0 Å². The number of hydrogen-bond donors (Lipinski definition) is 0. The topological polar surface area (TPSA) is 0 Å². The van der Waals surface area contributed by atoms with E-state index < -0.39 is 26.7 Å². The van der Waals surface area contributed by atoms with Gasteiger partial charge < -0.3 is 0 Å². The summed E-state index contributed by atoms with van der Waals surface area (Å²) in [5, 5.41) is 0. The van der Waals surface area contributed by atoms with Crippen molar-refractivity contribution in [1.29, 1.82) is 0 Å². The molecular formula is C8H20F6PSb. The van der Waals surface area contributed by atoms with Crippen LogP contribution in [0.4, 0.5) is 16.9 Å². The quantitative estimate of drug-likeness (QED) is 0.355. The van der Waals surface area contributed by atoms with Crippen molar-refractivity contribution in [2.75, 3.05) is 24.6 Å². The van der Waals surface area contributed by atoms with Crippen molar-refractivity contribution < 1.29 is 16.9 Å². The number of halogens is 6. The maximum atomic E-state index is 9.93. The predicted octanol–water partition coefficient (Wildman–Crippen LogP) is 5.22. The van der Waals surface area contributed by atoms with Crippen LogP contribution in [-0.4, -0.2) is 44.1 Å². The minimum atomic E-state index is -11.2. The van der Waals surface area contributed by atoms with Crippen molar-refractivity contribution in [2.45, 2.75) is 27.7 Å². The molecule has 0 N–H and O–H groups in total. The van der Waals surface area contributed by atoms with Gasteiger partial charge in [0.05, 0.1) is 24.6 Å². The minimum absolute atomic E-state index is 0.420. The fourth-order valence-corrected chi connectivity index (χ4v) is 4.02. The molecule has 0 radical (unpaired) electrons. The van der Waals surface area contributed by atoms with Crippen LogP contribution in [0.2, 0.25) is 0 Å². The molecule has 0 bridgehead atoms. The summed E-state index contributed by atoms with van der Waals surface area (Å²) in [5.41, 5.74) is 0. The van der Waals surface area contributed by atoms with Gasteiger partial charge in [-0.05, 0) is 27.7 Å². The fraction of sp³-hybridized carbons (Fsp3) is 1.00. The first kappa shape index (κ1) is 19.2. The van der Waals surface area contributed by atoms with Crippen molar-refractivity contribution in [3.05, 3.63) is 0 Å². The van der Waals surface area contributed by atoms with Crippen LogP contribution >= 0.6 is 7.26 Å². The fourth-order valence-electron chi connectivity index (χ4n) is 1.34. The molecule has 0 spiro atoms. The molecule has 104 valence electrons. The summed E-state index contributed by atoms with van der Waals surface area (Å²) < 4.78 is 59.6. The molecule has 16 heavy (non-hydrogen) atoms. The summed E-state index contributed by atoms with van der Waals surface area (Å²) in [4.78, 5) is 0. The summed E-state index contributed by atoms with van der Waals surface area (Å²) in [5.74, 6) is 0. The zero-order valence-electron chi connectivity index (χ0n) is 9.99. The van der Waals surface area contributed by atoms with Gasteiger partial charge in [-0.2, -0.15) is 0 Å². The summed E-state index contributed by atoms with van der Waals surface area (Å²) >= 11 is -11.2. The molecule has 0 aromatic carbocycles. The Balaban J connectivity index is 0. The van der Waals surface area contributed by atoms with Crippen molar-refractivity contribution >= 4 is 26.7 Å². The Morgan fingerprint density at radius 3 is 0.750 bits per heavy atom. The number of hydrogen-bond acceptors (Lipinski definition) is 0. The third-order valence-corrected chi connectivity index (χ3v) is 8.05. The SMILES string of the molecule is CC[P+](CC)(CC)CC.[F][Sb-]([F])([F])([F])([F])[F]. The van der Waals surface area contributed by atoms with Crippen LogP contribution in [0.3, 0.4) is 0 Å². The van der Waals surface area contributed by atoms with Gasteiger partial charge in [-0.15, -0.1) is 0 Å². The Labute approximate surface area is 96.0 Å². The van der Waals surface area contributed by atoms with Crippen LogP contribution in [0.25, 0.3) is 0 Å². The van der Waals surface area contributed by atoms with Crippen LogP contribution in [0.15, 0.2) is 0 Å². The van der Waals surface area contributed by atoms with Crippen LogP contribution in [0.5, 0.6) is 0 Å². The summed E-state index contributed by atoms with van der Waals surface area (Å²) in [6.45, 7) is 9.41. The summed E-state index contributed by atoms with van der Waals surface area (Å²) in [6, 6.07) is 0. The van der Waals surface area contributed by atoms with E-state index in [4.69, 9.17) is 0 Å². The molecule has 0 amide bonds. The molecule has 0 aliphatic carbocycles. The van der Waals surface area contributed by atoms with Crippen LogP contribution in [-0.2, 0) is 0 Å². The Kier molecular flexibility index (Phi) is 6.25. The zero-order valence-corrected chi connectivity index (χ0v) is 13.4. The van der Waals surface area contributed by atoms with Gasteiger partial charge >= 0.3 is 36.4 Å². The molecule has 0 aliphatic heterocycles. The Bertz CT molecular complexity index is 175. The van der Waals surface area contributed by atoms with E-state index in [1.54, 1.807) is 0 Å². The molecule has 0 nitrogen and oxygen atoms in total. The first-order valence-electron chi connectivity index (χ1n) is 5.11. The molecule has 0 rings (SSSR count). The molecule has 0 heterocycles. The maximum absolute atomic E-state index is 11.2. The van der Waals surface area contributed by atoms with Crippen molar-refractivity contribution in [3.63, 3.8) is 0 Å². The van der Waals surface area contributed by atoms with E-state index in [1.165, 1.54) is 24.6 Å². The molecule has 0 saturated heterocycles. The van der Waals surface area contributed by atoms with E-state index in [-0.39, 0.29) is 0 Å². The molecule has 0 unspecified atom stereocenters. The second kappa shape index (κ2) is 5.22. The normalized spacial score (nSPS) is 16.9. The first-order chi connectivity index (χ1) is 6.69. The number of rotatable bonds is 4. The average Bonchev–Trinajstić information content (AvgIpc) is 2.04. The van der Waals surface area contributed by atoms with Crippen molar-refractivity contribution in [3.8, 4) is 0 Å². The third-order valence-electron chi connectivity index (χ3n) is 2.68. The van der Waals surface area contributed by atoms with E-state index in [2.05, 4.69) is 27.7 Å². The first-order valence-corrected chi connectivity index (χ1v) is 13.4. The van der Waals surface area contributed by atoms with Crippen molar-refractivity contribution in [2.24, 2.45) is 0 Å². The molecule has 0 saturated carbocycles. The summed E-state index contributed by atoms with van der Waals surface area (Å²) in [7, 11) is -0.420. The molecule has 0 fully saturated rings. The second-order valence-corrected chi connectivity index (χ2v) is 14.2.